The molecule has 0 radical (unpaired) electrons. The highest BCUT2D eigenvalue weighted by molar-refractivity contribution is 9.10. The molecule has 1 aromatic carbocycles. The molecule has 0 spiro atoms. The SMILES string of the molecule is O=C(NCCc1ccc(F)cc1)c1ccc(Br)o1. The maximum atomic E-state index is 12.7. The van der Waals surface area contributed by atoms with Crippen molar-refractivity contribution in [1.29, 1.82) is 0 Å². The fraction of sp³-hybridized carbons (Fsp3) is 0.154. The molecule has 1 heterocycles. The van der Waals surface area contributed by atoms with Gasteiger partial charge in [0.05, 0.1) is 0 Å². The number of benzene rings is 1. The molecule has 3 nitrogen and oxygen atoms in total. The molecule has 94 valence electrons. The molecule has 2 aromatic rings. The lowest BCUT2D eigenvalue weighted by Gasteiger charge is -2.03. The van der Waals surface area contributed by atoms with Crippen molar-refractivity contribution in [2.75, 3.05) is 6.54 Å². The van der Waals surface area contributed by atoms with Crippen LogP contribution in [0.4, 0.5) is 4.39 Å². The van der Waals surface area contributed by atoms with Crippen molar-refractivity contribution in [3.05, 3.63) is 58.2 Å². The highest BCUT2D eigenvalue weighted by Crippen LogP contribution is 2.13. The number of amides is 1. The Hall–Kier alpha value is -1.62. The molecule has 1 amide bonds. The van der Waals surface area contributed by atoms with Crippen LogP contribution < -0.4 is 5.32 Å². The van der Waals surface area contributed by atoms with Gasteiger partial charge >= 0.3 is 0 Å². The van der Waals surface area contributed by atoms with E-state index in [0.717, 1.165) is 5.56 Å². The van der Waals surface area contributed by atoms with Crippen LogP contribution >= 0.6 is 15.9 Å². The Balaban J connectivity index is 1.82. The third-order valence-corrected chi connectivity index (χ3v) is 2.84. The molecule has 0 aliphatic heterocycles. The first kappa shape index (κ1) is 12.8. The Bertz CT molecular complexity index is 536. The van der Waals surface area contributed by atoms with Gasteiger partial charge in [0.25, 0.3) is 5.91 Å². The van der Waals surface area contributed by atoms with Gasteiger partial charge in [-0.3, -0.25) is 4.79 Å². The first-order chi connectivity index (χ1) is 8.65. The van der Waals surface area contributed by atoms with Gasteiger partial charge < -0.3 is 9.73 Å². The minimum Gasteiger partial charge on any atom is -0.444 e. The maximum absolute atomic E-state index is 12.7. The molecule has 0 unspecified atom stereocenters. The number of rotatable bonds is 4. The minimum atomic E-state index is -0.261. The topological polar surface area (TPSA) is 42.2 Å². The quantitative estimate of drug-likeness (QED) is 0.942. The van der Waals surface area contributed by atoms with E-state index in [0.29, 0.717) is 17.6 Å². The van der Waals surface area contributed by atoms with Crippen LogP contribution in [0, 0.1) is 5.82 Å². The Morgan fingerprint density at radius 2 is 1.94 bits per heavy atom. The summed E-state index contributed by atoms with van der Waals surface area (Å²) < 4.78 is 18.3. The van der Waals surface area contributed by atoms with Gasteiger partial charge in [0.15, 0.2) is 10.4 Å². The van der Waals surface area contributed by atoms with E-state index < -0.39 is 0 Å². The van der Waals surface area contributed by atoms with Crippen molar-refractivity contribution < 1.29 is 13.6 Å². The fourth-order valence-corrected chi connectivity index (χ4v) is 1.80. The zero-order valence-corrected chi connectivity index (χ0v) is 11.0. The van der Waals surface area contributed by atoms with Crippen LogP contribution in [0.1, 0.15) is 16.1 Å². The average molecular weight is 312 g/mol. The number of carbonyl (C=O) groups is 1. The van der Waals surface area contributed by atoms with E-state index in [1.165, 1.54) is 12.1 Å². The summed E-state index contributed by atoms with van der Waals surface area (Å²) in [6, 6.07) is 9.46. The van der Waals surface area contributed by atoms with Crippen LogP contribution in [0.25, 0.3) is 0 Å². The molecular formula is C13H11BrFNO2. The molecule has 5 heteroatoms. The molecule has 18 heavy (non-hydrogen) atoms. The van der Waals surface area contributed by atoms with E-state index in [-0.39, 0.29) is 17.5 Å². The molecule has 0 saturated carbocycles. The number of nitrogens with one attached hydrogen (secondary N) is 1. The Labute approximate surface area is 112 Å². The average Bonchev–Trinajstić information content (AvgIpc) is 2.78. The minimum absolute atomic E-state index is 0.261. The van der Waals surface area contributed by atoms with Crippen LogP contribution in [-0.4, -0.2) is 12.5 Å². The predicted octanol–water partition coefficient (Wildman–Crippen LogP) is 3.15. The van der Waals surface area contributed by atoms with Gasteiger partial charge in [0.1, 0.15) is 5.82 Å². The van der Waals surface area contributed by atoms with Gasteiger partial charge in [-0.15, -0.1) is 0 Å². The predicted molar refractivity (Wildman–Crippen MR) is 68.8 cm³/mol. The van der Waals surface area contributed by atoms with Crippen molar-refractivity contribution in [1.82, 2.24) is 5.32 Å². The molecular weight excluding hydrogens is 301 g/mol. The number of carbonyl (C=O) groups excluding carboxylic acids is 1. The van der Waals surface area contributed by atoms with Gasteiger partial charge in [-0.25, -0.2) is 4.39 Å². The van der Waals surface area contributed by atoms with Crippen molar-refractivity contribution in [2.24, 2.45) is 0 Å². The number of halogens is 2. The van der Waals surface area contributed by atoms with E-state index in [1.807, 2.05) is 0 Å². The van der Waals surface area contributed by atoms with Gasteiger partial charge in [0, 0.05) is 6.54 Å². The largest absolute Gasteiger partial charge is 0.444 e. The fourth-order valence-electron chi connectivity index (χ4n) is 1.49. The van der Waals surface area contributed by atoms with Gasteiger partial charge in [-0.2, -0.15) is 0 Å². The van der Waals surface area contributed by atoms with Crippen molar-refractivity contribution >= 4 is 21.8 Å². The second kappa shape index (κ2) is 5.82. The van der Waals surface area contributed by atoms with E-state index in [2.05, 4.69) is 21.2 Å². The lowest BCUT2D eigenvalue weighted by molar-refractivity contribution is 0.0925. The first-order valence-corrected chi connectivity index (χ1v) is 6.22. The molecule has 0 fully saturated rings. The van der Waals surface area contributed by atoms with Crippen LogP contribution in [0.5, 0.6) is 0 Å². The van der Waals surface area contributed by atoms with Gasteiger partial charge in [-0.05, 0) is 52.2 Å². The monoisotopic (exact) mass is 311 g/mol. The summed E-state index contributed by atoms with van der Waals surface area (Å²) in [6.07, 6.45) is 0.647. The third-order valence-electron chi connectivity index (χ3n) is 2.41. The van der Waals surface area contributed by atoms with E-state index in [1.54, 1.807) is 24.3 Å². The second-order valence-electron chi connectivity index (χ2n) is 3.74. The standard InChI is InChI=1S/C13H11BrFNO2/c14-12-6-5-11(18-12)13(17)16-8-7-9-1-3-10(15)4-2-9/h1-6H,7-8H2,(H,16,17). The highest BCUT2D eigenvalue weighted by Gasteiger charge is 2.09. The normalized spacial score (nSPS) is 10.3. The number of hydrogen-bond donors (Lipinski definition) is 1. The molecule has 2 rings (SSSR count). The lowest BCUT2D eigenvalue weighted by Crippen LogP contribution is -2.25. The van der Waals surface area contributed by atoms with E-state index in [9.17, 15) is 9.18 Å². The van der Waals surface area contributed by atoms with Crippen LogP contribution in [0.2, 0.25) is 0 Å². The smallest absolute Gasteiger partial charge is 0.287 e. The molecule has 0 atom stereocenters. The van der Waals surface area contributed by atoms with E-state index in [4.69, 9.17) is 4.42 Å². The molecule has 0 aliphatic rings. The molecule has 0 aliphatic carbocycles. The van der Waals surface area contributed by atoms with Crippen LogP contribution in [0.3, 0.4) is 0 Å². The number of furan rings is 1. The highest BCUT2D eigenvalue weighted by atomic mass is 79.9. The molecule has 0 bridgehead atoms. The summed E-state index contributed by atoms with van der Waals surface area (Å²) in [5.41, 5.74) is 0.970. The lowest BCUT2D eigenvalue weighted by atomic mass is 10.1. The first-order valence-electron chi connectivity index (χ1n) is 5.43. The van der Waals surface area contributed by atoms with Gasteiger partial charge in [0.2, 0.25) is 0 Å². The van der Waals surface area contributed by atoms with Gasteiger partial charge in [-0.1, -0.05) is 12.1 Å². The maximum Gasteiger partial charge on any atom is 0.287 e. The van der Waals surface area contributed by atoms with Crippen LogP contribution in [0.15, 0.2) is 45.5 Å². The zero-order valence-electron chi connectivity index (χ0n) is 9.45. The Kier molecular flexibility index (Phi) is 4.15. The summed E-state index contributed by atoms with van der Waals surface area (Å²) in [5, 5.41) is 2.73. The number of hydrogen-bond acceptors (Lipinski definition) is 2. The third kappa shape index (κ3) is 3.43. The van der Waals surface area contributed by atoms with Crippen molar-refractivity contribution in [3.8, 4) is 0 Å². The Morgan fingerprint density at radius 1 is 1.22 bits per heavy atom. The summed E-state index contributed by atoms with van der Waals surface area (Å²) in [4.78, 5) is 11.6. The van der Waals surface area contributed by atoms with Crippen molar-refractivity contribution in [2.45, 2.75) is 6.42 Å². The molecule has 0 saturated heterocycles. The Morgan fingerprint density at radius 3 is 2.56 bits per heavy atom. The molecule has 1 aromatic heterocycles. The second-order valence-corrected chi connectivity index (χ2v) is 4.52. The van der Waals surface area contributed by atoms with E-state index >= 15 is 0 Å². The summed E-state index contributed by atoms with van der Waals surface area (Å²) >= 11 is 3.13. The molecule has 1 N–H and O–H groups in total. The summed E-state index contributed by atoms with van der Waals surface area (Å²) in [6.45, 7) is 0.475. The zero-order chi connectivity index (χ0) is 13.0. The summed E-state index contributed by atoms with van der Waals surface area (Å²) in [5.74, 6) is -0.257. The summed E-state index contributed by atoms with van der Waals surface area (Å²) in [7, 11) is 0. The van der Waals surface area contributed by atoms with Crippen molar-refractivity contribution in [3.63, 3.8) is 0 Å². The van der Waals surface area contributed by atoms with Crippen LogP contribution in [-0.2, 0) is 6.42 Å².